The molecule has 6 nitrogen and oxygen atoms in total. The van der Waals surface area contributed by atoms with Gasteiger partial charge in [-0.1, -0.05) is 238 Å². The number of aliphatic hydroxyl groups is 2. The summed E-state index contributed by atoms with van der Waals surface area (Å²) < 4.78 is 5.91. The van der Waals surface area contributed by atoms with Gasteiger partial charge in [-0.05, 0) is 44.9 Å². The average Bonchev–Trinajstić information content (AvgIpc) is 3.22. The molecule has 0 rings (SSSR count). The smallest absolute Gasteiger partial charge is 0.306 e. The first-order valence-corrected chi connectivity index (χ1v) is 25.9. The van der Waals surface area contributed by atoms with Crippen molar-refractivity contribution in [2.75, 3.05) is 6.61 Å². The van der Waals surface area contributed by atoms with Crippen molar-refractivity contribution in [1.29, 1.82) is 0 Å². The first kappa shape index (κ1) is 56.6. The van der Waals surface area contributed by atoms with Gasteiger partial charge in [-0.2, -0.15) is 0 Å². The van der Waals surface area contributed by atoms with Gasteiger partial charge in [0.15, 0.2) is 0 Å². The quantitative estimate of drug-likeness (QED) is 0.0323. The van der Waals surface area contributed by atoms with E-state index in [1.54, 1.807) is 0 Å². The number of esters is 1. The second kappa shape index (κ2) is 46.7. The SMILES string of the molecule is CCCC/C=C\CCCCCCCC(=O)OC(CCCCCCCCCCCCC)CC(=O)NC(CO)C(O)CCCCCCCCCCCCCCCCCCC. The predicted octanol–water partition coefficient (Wildman–Crippen LogP) is 15.3. The van der Waals surface area contributed by atoms with E-state index in [0.29, 0.717) is 19.3 Å². The Morgan fingerprint density at radius 2 is 0.845 bits per heavy atom. The van der Waals surface area contributed by atoms with E-state index >= 15 is 0 Å². The average molecular weight is 820 g/mol. The molecule has 0 aromatic carbocycles. The molecule has 58 heavy (non-hydrogen) atoms. The largest absolute Gasteiger partial charge is 0.462 e. The molecular weight excluding hydrogens is 719 g/mol. The highest BCUT2D eigenvalue weighted by atomic mass is 16.5. The number of hydrogen-bond acceptors (Lipinski definition) is 5. The van der Waals surface area contributed by atoms with Crippen LogP contribution in [0.1, 0.15) is 284 Å². The molecule has 0 spiro atoms. The van der Waals surface area contributed by atoms with Crippen molar-refractivity contribution in [1.82, 2.24) is 5.32 Å². The van der Waals surface area contributed by atoms with Gasteiger partial charge in [0.25, 0.3) is 0 Å². The van der Waals surface area contributed by atoms with Crippen LogP contribution in [0.4, 0.5) is 0 Å². The van der Waals surface area contributed by atoms with E-state index in [1.807, 2.05) is 0 Å². The van der Waals surface area contributed by atoms with Crippen LogP contribution in [0.3, 0.4) is 0 Å². The van der Waals surface area contributed by atoms with Crippen LogP contribution in [-0.4, -0.2) is 46.9 Å². The molecule has 3 atom stereocenters. The molecule has 6 heteroatoms. The lowest BCUT2D eigenvalue weighted by molar-refractivity contribution is -0.151. The number of unbranched alkanes of at least 4 members (excludes halogenated alkanes) is 33. The van der Waals surface area contributed by atoms with E-state index in [-0.39, 0.29) is 24.9 Å². The van der Waals surface area contributed by atoms with Gasteiger partial charge in [-0.25, -0.2) is 0 Å². The molecule has 0 bridgehead atoms. The third-order valence-electron chi connectivity index (χ3n) is 12.1. The summed E-state index contributed by atoms with van der Waals surface area (Å²) in [5.41, 5.74) is 0. The number of aliphatic hydroxyl groups excluding tert-OH is 2. The van der Waals surface area contributed by atoms with Gasteiger partial charge in [-0.15, -0.1) is 0 Å². The third-order valence-corrected chi connectivity index (χ3v) is 12.1. The highest BCUT2D eigenvalue weighted by molar-refractivity contribution is 5.77. The minimum atomic E-state index is -0.782. The fraction of sp³-hybridized carbons (Fsp3) is 0.923. The molecule has 1 amide bonds. The van der Waals surface area contributed by atoms with Gasteiger partial charge in [0.2, 0.25) is 5.91 Å². The summed E-state index contributed by atoms with van der Waals surface area (Å²) in [6.45, 7) is 6.46. The van der Waals surface area contributed by atoms with Gasteiger partial charge in [-0.3, -0.25) is 9.59 Å². The molecule has 0 saturated carbocycles. The highest BCUT2D eigenvalue weighted by Gasteiger charge is 2.24. The third kappa shape index (κ3) is 41.3. The van der Waals surface area contributed by atoms with Crippen molar-refractivity contribution in [3.63, 3.8) is 0 Å². The molecule has 0 aliphatic heterocycles. The molecule has 0 heterocycles. The van der Waals surface area contributed by atoms with Crippen molar-refractivity contribution >= 4 is 11.9 Å². The molecule has 0 fully saturated rings. The van der Waals surface area contributed by atoms with Gasteiger partial charge in [0.05, 0.1) is 25.2 Å². The number of allylic oxidation sites excluding steroid dienone is 2. The Balaban J connectivity index is 4.43. The molecule has 0 aliphatic rings. The van der Waals surface area contributed by atoms with Crippen molar-refractivity contribution in [3.8, 4) is 0 Å². The summed E-state index contributed by atoms with van der Waals surface area (Å²) in [5, 5.41) is 23.8. The molecule has 3 N–H and O–H groups in total. The van der Waals surface area contributed by atoms with Crippen molar-refractivity contribution < 1.29 is 24.5 Å². The Kier molecular flexibility index (Phi) is 45.5. The minimum Gasteiger partial charge on any atom is -0.462 e. The van der Waals surface area contributed by atoms with Crippen LogP contribution in [0.15, 0.2) is 12.2 Å². The van der Waals surface area contributed by atoms with Crippen LogP contribution in [0.2, 0.25) is 0 Å². The standard InChI is InChI=1S/C52H101NO5/c1-4-7-10-13-16-19-22-23-24-25-26-27-30-32-35-38-41-44-50(55)49(47-54)53-51(56)46-48(43-40-37-34-31-28-20-17-14-11-8-5-2)58-52(57)45-42-39-36-33-29-21-18-15-12-9-6-3/h15,18,48-50,54-55H,4-14,16-17,19-47H2,1-3H3,(H,53,56)/b18-15-. The number of hydrogen-bond donors (Lipinski definition) is 3. The summed E-state index contributed by atoms with van der Waals surface area (Å²) in [6, 6.07) is -0.696. The first-order valence-electron chi connectivity index (χ1n) is 25.9. The monoisotopic (exact) mass is 820 g/mol. The fourth-order valence-electron chi connectivity index (χ4n) is 8.12. The van der Waals surface area contributed by atoms with Crippen LogP contribution >= 0.6 is 0 Å². The minimum absolute atomic E-state index is 0.0810. The van der Waals surface area contributed by atoms with Gasteiger partial charge in [0, 0.05) is 6.42 Å². The molecule has 0 aromatic rings. The number of rotatable bonds is 47. The van der Waals surface area contributed by atoms with E-state index in [2.05, 4.69) is 38.2 Å². The Morgan fingerprint density at radius 3 is 1.28 bits per heavy atom. The first-order chi connectivity index (χ1) is 28.5. The summed E-state index contributed by atoms with van der Waals surface area (Å²) in [6.07, 6.45) is 51.3. The Bertz CT molecular complexity index is 878. The van der Waals surface area contributed by atoms with Crippen LogP contribution < -0.4 is 5.32 Å². The number of nitrogens with one attached hydrogen (secondary N) is 1. The summed E-state index contributed by atoms with van der Waals surface area (Å²) in [7, 11) is 0. The predicted molar refractivity (Wildman–Crippen MR) is 250 cm³/mol. The van der Waals surface area contributed by atoms with Gasteiger partial charge >= 0.3 is 5.97 Å². The van der Waals surface area contributed by atoms with Crippen LogP contribution in [0.25, 0.3) is 0 Å². The normalized spacial score (nSPS) is 13.3. The molecule has 0 aromatic heterocycles. The number of amides is 1. The highest BCUT2D eigenvalue weighted by Crippen LogP contribution is 2.18. The topological polar surface area (TPSA) is 95.9 Å². The second-order valence-electron chi connectivity index (χ2n) is 17.9. The lowest BCUT2D eigenvalue weighted by Crippen LogP contribution is -2.46. The summed E-state index contributed by atoms with van der Waals surface area (Å²) >= 11 is 0. The zero-order valence-corrected chi connectivity index (χ0v) is 39.2. The lowest BCUT2D eigenvalue weighted by atomic mass is 10.0. The van der Waals surface area contributed by atoms with Crippen LogP contribution in [0.5, 0.6) is 0 Å². The number of ether oxygens (including phenoxy) is 1. The zero-order valence-electron chi connectivity index (χ0n) is 39.2. The van der Waals surface area contributed by atoms with Crippen LogP contribution in [-0.2, 0) is 14.3 Å². The molecule has 344 valence electrons. The number of carbonyl (C=O) groups is 2. The van der Waals surface area contributed by atoms with E-state index < -0.39 is 18.2 Å². The summed E-state index contributed by atoms with van der Waals surface area (Å²) in [4.78, 5) is 26.0. The molecule has 0 radical (unpaired) electrons. The second-order valence-corrected chi connectivity index (χ2v) is 17.9. The molecule has 3 unspecified atom stereocenters. The maximum absolute atomic E-state index is 13.2. The van der Waals surface area contributed by atoms with E-state index in [1.165, 1.54) is 186 Å². The maximum Gasteiger partial charge on any atom is 0.306 e. The van der Waals surface area contributed by atoms with Crippen molar-refractivity contribution in [2.45, 2.75) is 302 Å². The maximum atomic E-state index is 13.2. The Morgan fingerprint density at radius 1 is 0.483 bits per heavy atom. The fourth-order valence-corrected chi connectivity index (χ4v) is 8.12. The van der Waals surface area contributed by atoms with Crippen molar-refractivity contribution in [2.24, 2.45) is 0 Å². The van der Waals surface area contributed by atoms with E-state index in [4.69, 9.17) is 4.74 Å². The van der Waals surface area contributed by atoms with Gasteiger partial charge in [0.1, 0.15) is 6.10 Å². The van der Waals surface area contributed by atoms with Gasteiger partial charge < -0.3 is 20.3 Å². The lowest BCUT2D eigenvalue weighted by Gasteiger charge is -2.24. The Hall–Kier alpha value is -1.40. The Labute approximate surface area is 361 Å². The van der Waals surface area contributed by atoms with Crippen molar-refractivity contribution in [3.05, 3.63) is 12.2 Å². The summed E-state index contributed by atoms with van der Waals surface area (Å²) in [5.74, 6) is -0.470. The van der Waals surface area contributed by atoms with Crippen LogP contribution in [0, 0.1) is 0 Å². The number of carbonyl (C=O) groups excluding carboxylic acids is 2. The molecule has 0 aliphatic carbocycles. The van der Waals surface area contributed by atoms with E-state index in [9.17, 15) is 19.8 Å². The zero-order chi connectivity index (χ0) is 42.4. The molecule has 0 saturated heterocycles. The molecular formula is C52H101NO5. The van der Waals surface area contributed by atoms with E-state index in [0.717, 1.165) is 51.4 Å².